The number of morpholine rings is 1. The minimum Gasteiger partial charge on any atom is -0.508 e. The molecule has 1 aliphatic heterocycles. The van der Waals surface area contributed by atoms with Gasteiger partial charge in [-0.1, -0.05) is 13.0 Å². The number of likely N-dealkylation sites (N-methyl/N-ethyl adjacent to an activating group) is 1. The number of phenols is 1. The molecule has 0 aliphatic carbocycles. The van der Waals surface area contributed by atoms with Gasteiger partial charge in [-0.3, -0.25) is 4.90 Å². The molecular weight excluding hydrogens is 259 g/mol. The van der Waals surface area contributed by atoms with Crippen molar-refractivity contribution in [3.8, 4) is 5.75 Å². The summed E-state index contributed by atoms with van der Waals surface area (Å²) in [4.78, 5) is 2.35. The van der Waals surface area contributed by atoms with Gasteiger partial charge in [0, 0.05) is 37.3 Å². The van der Waals surface area contributed by atoms with Crippen LogP contribution < -0.4 is 5.32 Å². The Morgan fingerprint density at radius 1 is 1.55 bits per heavy atom. The van der Waals surface area contributed by atoms with E-state index < -0.39 is 0 Å². The summed E-state index contributed by atoms with van der Waals surface area (Å²) in [6.07, 6.45) is 0.145. The van der Waals surface area contributed by atoms with Crippen LogP contribution in [0.2, 0.25) is 0 Å². The molecule has 4 nitrogen and oxygen atoms in total. The Bertz CT molecular complexity index is 442. The van der Waals surface area contributed by atoms with Gasteiger partial charge in [0.2, 0.25) is 0 Å². The van der Waals surface area contributed by atoms with Crippen LogP contribution >= 0.6 is 0 Å². The van der Waals surface area contributed by atoms with E-state index in [-0.39, 0.29) is 23.7 Å². The van der Waals surface area contributed by atoms with Crippen molar-refractivity contribution in [3.05, 3.63) is 29.6 Å². The highest BCUT2D eigenvalue weighted by Gasteiger charge is 2.20. The quantitative estimate of drug-likeness (QED) is 0.866. The predicted molar refractivity (Wildman–Crippen MR) is 76.3 cm³/mol. The zero-order chi connectivity index (χ0) is 14.5. The summed E-state index contributed by atoms with van der Waals surface area (Å²) in [5, 5.41) is 12.5. The van der Waals surface area contributed by atoms with E-state index in [9.17, 15) is 9.50 Å². The third-order valence-corrected chi connectivity index (χ3v) is 3.77. The van der Waals surface area contributed by atoms with E-state index in [4.69, 9.17) is 4.74 Å². The van der Waals surface area contributed by atoms with Crippen molar-refractivity contribution in [2.75, 3.05) is 32.8 Å². The average molecular weight is 282 g/mol. The molecule has 1 aromatic carbocycles. The maximum absolute atomic E-state index is 13.7. The Balaban J connectivity index is 1.86. The average Bonchev–Trinajstić information content (AvgIpc) is 2.45. The lowest BCUT2D eigenvalue weighted by Gasteiger charge is -2.32. The van der Waals surface area contributed by atoms with Crippen molar-refractivity contribution in [1.29, 1.82) is 0 Å². The zero-order valence-corrected chi connectivity index (χ0v) is 12.1. The molecule has 0 aromatic heterocycles. The summed E-state index contributed by atoms with van der Waals surface area (Å²) in [7, 11) is 0. The number of nitrogens with one attached hydrogen (secondary N) is 1. The summed E-state index contributed by atoms with van der Waals surface area (Å²) in [5.41, 5.74) is 0.561. The highest BCUT2D eigenvalue weighted by atomic mass is 19.1. The molecular formula is C15H23FN2O2. The van der Waals surface area contributed by atoms with E-state index in [1.165, 1.54) is 6.07 Å². The van der Waals surface area contributed by atoms with Crippen LogP contribution in [0.4, 0.5) is 4.39 Å². The highest BCUT2D eigenvalue weighted by molar-refractivity contribution is 5.29. The first-order chi connectivity index (χ1) is 9.60. The lowest BCUT2D eigenvalue weighted by molar-refractivity contribution is -0.0262. The molecule has 0 radical (unpaired) electrons. The Hall–Kier alpha value is -1.17. The molecule has 1 aromatic rings. The molecule has 0 saturated carbocycles. The van der Waals surface area contributed by atoms with Gasteiger partial charge in [0.05, 0.1) is 12.7 Å². The van der Waals surface area contributed by atoms with Gasteiger partial charge in [-0.25, -0.2) is 4.39 Å². The number of rotatable bonds is 5. The number of hydrogen-bond donors (Lipinski definition) is 2. The molecule has 2 rings (SSSR count). The van der Waals surface area contributed by atoms with Gasteiger partial charge in [0.15, 0.2) is 0 Å². The topological polar surface area (TPSA) is 44.7 Å². The Morgan fingerprint density at radius 3 is 3.05 bits per heavy atom. The van der Waals surface area contributed by atoms with Crippen LogP contribution in [0.15, 0.2) is 18.2 Å². The molecule has 0 amide bonds. The van der Waals surface area contributed by atoms with Crippen molar-refractivity contribution >= 4 is 0 Å². The number of nitrogens with zero attached hydrogens (tertiary/aromatic N) is 1. The fraction of sp³-hybridized carbons (Fsp3) is 0.600. The predicted octanol–water partition coefficient (Wildman–Crippen LogP) is 1.90. The molecule has 1 aliphatic rings. The number of aromatic hydroxyl groups is 1. The first-order valence-corrected chi connectivity index (χ1v) is 7.16. The number of benzene rings is 1. The molecule has 0 spiro atoms. The second-order valence-corrected chi connectivity index (χ2v) is 5.22. The largest absolute Gasteiger partial charge is 0.508 e. The van der Waals surface area contributed by atoms with E-state index in [1.807, 2.05) is 6.92 Å². The molecule has 1 saturated heterocycles. The van der Waals surface area contributed by atoms with Crippen molar-refractivity contribution in [2.45, 2.75) is 26.0 Å². The number of hydrogen-bond acceptors (Lipinski definition) is 4. The molecule has 1 fully saturated rings. The van der Waals surface area contributed by atoms with E-state index in [0.717, 1.165) is 32.3 Å². The van der Waals surface area contributed by atoms with E-state index in [2.05, 4.69) is 17.1 Å². The maximum atomic E-state index is 13.7. The van der Waals surface area contributed by atoms with Crippen LogP contribution in [-0.2, 0) is 4.74 Å². The highest BCUT2D eigenvalue weighted by Crippen LogP contribution is 2.21. The molecule has 0 bridgehead atoms. The Labute approximate surface area is 119 Å². The van der Waals surface area contributed by atoms with Crippen molar-refractivity contribution in [2.24, 2.45) is 0 Å². The first kappa shape index (κ1) is 15.2. The molecule has 5 heteroatoms. The zero-order valence-electron chi connectivity index (χ0n) is 12.1. The lowest BCUT2D eigenvalue weighted by Crippen LogP contribution is -2.46. The summed E-state index contributed by atoms with van der Waals surface area (Å²) >= 11 is 0. The number of halogens is 1. The van der Waals surface area contributed by atoms with Crippen LogP contribution in [0.25, 0.3) is 0 Å². The van der Waals surface area contributed by atoms with E-state index >= 15 is 0 Å². The summed E-state index contributed by atoms with van der Waals surface area (Å²) < 4.78 is 19.5. The molecule has 112 valence electrons. The summed E-state index contributed by atoms with van der Waals surface area (Å²) in [6.45, 7) is 8.42. The second kappa shape index (κ2) is 7.02. The van der Waals surface area contributed by atoms with Crippen LogP contribution in [0.3, 0.4) is 0 Å². The second-order valence-electron chi connectivity index (χ2n) is 5.22. The van der Waals surface area contributed by atoms with Gasteiger partial charge in [-0.2, -0.15) is 0 Å². The van der Waals surface area contributed by atoms with Crippen molar-refractivity contribution in [3.63, 3.8) is 0 Å². The maximum Gasteiger partial charge on any atom is 0.131 e. The van der Waals surface area contributed by atoms with E-state index in [1.54, 1.807) is 6.07 Å². The van der Waals surface area contributed by atoms with Gasteiger partial charge in [-0.15, -0.1) is 0 Å². The van der Waals surface area contributed by atoms with Gasteiger partial charge in [0.25, 0.3) is 0 Å². The van der Waals surface area contributed by atoms with Gasteiger partial charge >= 0.3 is 0 Å². The minimum absolute atomic E-state index is 0.0485. The fourth-order valence-electron chi connectivity index (χ4n) is 2.48. The molecule has 2 unspecified atom stereocenters. The molecule has 1 heterocycles. The molecule has 20 heavy (non-hydrogen) atoms. The first-order valence-electron chi connectivity index (χ1n) is 7.16. The smallest absolute Gasteiger partial charge is 0.131 e. The van der Waals surface area contributed by atoms with Crippen LogP contribution in [0.1, 0.15) is 25.5 Å². The third-order valence-electron chi connectivity index (χ3n) is 3.77. The fourth-order valence-corrected chi connectivity index (χ4v) is 2.48. The number of ether oxygens (including phenoxy) is 1. The van der Waals surface area contributed by atoms with Gasteiger partial charge in [0.1, 0.15) is 11.6 Å². The van der Waals surface area contributed by atoms with Crippen LogP contribution in [0.5, 0.6) is 5.75 Å². The minimum atomic E-state index is -0.384. The van der Waals surface area contributed by atoms with Crippen LogP contribution in [0, 0.1) is 5.82 Å². The number of phenolic OH excluding ortho intramolecular Hbond substituents is 1. The van der Waals surface area contributed by atoms with Crippen molar-refractivity contribution in [1.82, 2.24) is 10.2 Å². The third kappa shape index (κ3) is 3.91. The monoisotopic (exact) mass is 282 g/mol. The normalized spacial score (nSPS) is 21.9. The summed E-state index contributed by atoms with van der Waals surface area (Å²) in [6, 6.07) is 4.15. The SMILES string of the molecule is CCN1CCOC(CNC(C)c2ccc(O)cc2F)C1. The Kier molecular flexibility index (Phi) is 5.34. The van der Waals surface area contributed by atoms with Crippen LogP contribution in [-0.4, -0.2) is 48.9 Å². The van der Waals surface area contributed by atoms with Crippen molar-refractivity contribution < 1.29 is 14.2 Å². The molecule has 2 N–H and O–H groups in total. The molecule has 2 atom stereocenters. The van der Waals surface area contributed by atoms with Gasteiger partial charge in [-0.05, 0) is 19.5 Å². The summed E-state index contributed by atoms with van der Waals surface area (Å²) in [5.74, 6) is -0.433. The van der Waals surface area contributed by atoms with Gasteiger partial charge < -0.3 is 15.2 Å². The van der Waals surface area contributed by atoms with E-state index in [0.29, 0.717) is 12.1 Å². The Morgan fingerprint density at radius 2 is 2.35 bits per heavy atom. The lowest BCUT2D eigenvalue weighted by atomic mass is 10.1. The standard InChI is InChI=1S/C15H23FN2O2/c1-3-18-6-7-20-13(10-18)9-17-11(2)14-5-4-12(19)8-15(14)16/h4-5,8,11,13,17,19H,3,6-7,9-10H2,1-2H3.